The molecule has 0 saturated carbocycles. The fourth-order valence-electron chi connectivity index (χ4n) is 6.14. The molecule has 2 aliphatic heterocycles. The number of benzene rings is 1. The van der Waals surface area contributed by atoms with E-state index in [1.807, 2.05) is 6.92 Å². The number of aliphatic hydroxyl groups is 5. The molecule has 0 bridgehead atoms. The number of hydrogen-bond acceptors (Lipinski definition) is 12. The lowest BCUT2D eigenvalue weighted by Crippen LogP contribution is -2.49. The van der Waals surface area contributed by atoms with Gasteiger partial charge in [-0.15, -0.1) is 0 Å². The summed E-state index contributed by atoms with van der Waals surface area (Å²) in [7, 11) is 0. The van der Waals surface area contributed by atoms with Gasteiger partial charge in [0, 0.05) is 50.4 Å². The monoisotopic (exact) mass is 681 g/mol. The van der Waals surface area contributed by atoms with E-state index >= 15 is 0 Å². The van der Waals surface area contributed by atoms with Crippen LogP contribution >= 0.6 is 0 Å². The van der Waals surface area contributed by atoms with Gasteiger partial charge in [-0.1, -0.05) is 0 Å². The van der Waals surface area contributed by atoms with Crippen molar-refractivity contribution in [3.05, 3.63) is 41.7 Å². The third kappa shape index (κ3) is 10.6. The Morgan fingerprint density at radius 3 is 2.25 bits per heavy atom. The Morgan fingerprint density at radius 1 is 0.958 bits per heavy atom. The van der Waals surface area contributed by atoms with Crippen molar-refractivity contribution >= 4 is 11.9 Å². The second-order valence-electron chi connectivity index (χ2n) is 12.6. The van der Waals surface area contributed by atoms with Gasteiger partial charge in [0.2, 0.25) is 11.9 Å². The molecule has 4 rings (SSSR count). The van der Waals surface area contributed by atoms with Crippen molar-refractivity contribution in [3.63, 3.8) is 0 Å². The minimum absolute atomic E-state index is 0.0107. The molecule has 1 aromatic heterocycles. The van der Waals surface area contributed by atoms with E-state index in [4.69, 9.17) is 14.6 Å². The van der Waals surface area contributed by atoms with Crippen molar-refractivity contribution in [3.8, 4) is 11.5 Å². The highest BCUT2D eigenvalue weighted by molar-refractivity contribution is 5.79. The van der Waals surface area contributed by atoms with Crippen molar-refractivity contribution in [1.29, 1.82) is 0 Å². The van der Waals surface area contributed by atoms with Crippen LogP contribution in [-0.2, 0) is 11.2 Å². The Hall–Kier alpha value is -3.21. The van der Waals surface area contributed by atoms with Crippen LogP contribution in [0.1, 0.15) is 44.6 Å². The second-order valence-corrected chi connectivity index (χ2v) is 12.6. The summed E-state index contributed by atoms with van der Waals surface area (Å²) in [4.78, 5) is 25.4. The van der Waals surface area contributed by atoms with E-state index in [-0.39, 0.29) is 23.8 Å². The maximum atomic E-state index is 14.9. The van der Waals surface area contributed by atoms with Crippen molar-refractivity contribution in [2.75, 3.05) is 64.0 Å². The number of hydrogen-bond donors (Lipinski definition) is 6. The number of halogens is 2. The number of likely N-dealkylation sites (tertiary alicyclic amines) is 1. The molecule has 1 aromatic carbocycles. The molecule has 15 heteroatoms. The molecule has 2 saturated heterocycles. The Labute approximate surface area is 279 Å². The topological polar surface area (TPSA) is 181 Å². The number of carbonyl (C=O) groups excluding carboxylic acids is 1. The molecule has 1 amide bonds. The van der Waals surface area contributed by atoms with Crippen LogP contribution in [0.15, 0.2) is 24.5 Å². The van der Waals surface area contributed by atoms with E-state index < -0.39 is 55.0 Å². The van der Waals surface area contributed by atoms with Gasteiger partial charge in [-0.3, -0.25) is 4.79 Å². The Morgan fingerprint density at radius 2 is 1.60 bits per heavy atom. The lowest BCUT2D eigenvalue weighted by atomic mass is 9.92. The molecule has 0 radical (unpaired) electrons. The van der Waals surface area contributed by atoms with E-state index in [0.29, 0.717) is 56.9 Å². The second kappa shape index (κ2) is 18.5. The van der Waals surface area contributed by atoms with Gasteiger partial charge in [-0.25, -0.2) is 18.7 Å². The van der Waals surface area contributed by atoms with Crippen LogP contribution in [0, 0.1) is 23.5 Å². The summed E-state index contributed by atoms with van der Waals surface area (Å²) >= 11 is 0. The minimum Gasteiger partial charge on any atom is -0.493 e. The molecule has 2 aliphatic rings. The lowest BCUT2D eigenvalue weighted by molar-refractivity contribution is -0.129. The smallest absolute Gasteiger partial charge is 0.227 e. The molecule has 3 heterocycles. The summed E-state index contributed by atoms with van der Waals surface area (Å²) < 4.78 is 40.8. The number of piperidine rings is 1. The zero-order valence-corrected chi connectivity index (χ0v) is 27.4. The predicted octanol–water partition coefficient (Wildman–Crippen LogP) is 0.646. The SMILES string of the molecule is CCOc1cnc(N2CCC(CCCOc3cc(F)c(CC(=O)N4CC[C@@H](CNC[C@H](O)[C@@H](O)[C@H](O)[C@H](O)CO)C4)c(F)c3)CC2)nc1. The number of carbonyl (C=O) groups is 1. The first-order valence-corrected chi connectivity index (χ1v) is 16.7. The first-order chi connectivity index (χ1) is 23.1. The summed E-state index contributed by atoms with van der Waals surface area (Å²) in [6, 6.07) is 2.24. The molecule has 5 atom stereocenters. The van der Waals surface area contributed by atoms with Crippen molar-refractivity contribution < 1.29 is 48.6 Å². The molecular weight excluding hydrogens is 632 g/mol. The van der Waals surface area contributed by atoms with Gasteiger partial charge in [0.15, 0.2) is 5.75 Å². The van der Waals surface area contributed by atoms with E-state index in [1.54, 1.807) is 12.4 Å². The zero-order valence-electron chi connectivity index (χ0n) is 27.4. The zero-order chi connectivity index (χ0) is 34.6. The molecule has 268 valence electrons. The van der Waals surface area contributed by atoms with E-state index in [2.05, 4.69) is 20.2 Å². The predicted molar refractivity (Wildman–Crippen MR) is 172 cm³/mol. The van der Waals surface area contributed by atoms with Crippen LogP contribution in [-0.4, -0.2) is 130 Å². The van der Waals surface area contributed by atoms with Crippen LogP contribution < -0.4 is 19.7 Å². The maximum Gasteiger partial charge on any atom is 0.227 e. The normalized spacial score (nSPS) is 19.6. The third-order valence-electron chi connectivity index (χ3n) is 9.04. The van der Waals surface area contributed by atoms with E-state index in [0.717, 1.165) is 50.9 Å². The fraction of sp³-hybridized carbons (Fsp3) is 0.667. The van der Waals surface area contributed by atoms with Gasteiger partial charge in [0.05, 0.1) is 44.7 Å². The first-order valence-electron chi connectivity index (χ1n) is 16.7. The average molecular weight is 682 g/mol. The number of anilines is 1. The van der Waals surface area contributed by atoms with Crippen LogP contribution in [0.25, 0.3) is 0 Å². The van der Waals surface area contributed by atoms with Crippen LogP contribution in [0.5, 0.6) is 11.5 Å². The number of rotatable bonds is 18. The van der Waals surface area contributed by atoms with Crippen molar-refractivity contribution in [1.82, 2.24) is 20.2 Å². The van der Waals surface area contributed by atoms with Gasteiger partial charge >= 0.3 is 0 Å². The molecule has 13 nitrogen and oxygen atoms in total. The van der Waals surface area contributed by atoms with Crippen LogP contribution in [0.2, 0.25) is 0 Å². The van der Waals surface area contributed by atoms with Crippen LogP contribution in [0.4, 0.5) is 14.7 Å². The lowest BCUT2D eigenvalue weighted by Gasteiger charge is -2.32. The summed E-state index contributed by atoms with van der Waals surface area (Å²) in [6.07, 6.45) is 0.899. The van der Waals surface area contributed by atoms with E-state index in [1.165, 1.54) is 4.90 Å². The number of ether oxygens (including phenoxy) is 2. The Kier molecular flexibility index (Phi) is 14.5. The summed E-state index contributed by atoms with van der Waals surface area (Å²) in [5.74, 6) is -0.113. The molecule has 2 fully saturated rings. The Balaban J connectivity index is 1.13. The number of nitrogens with zero attached hydrogens (tertiary/aromatic N) is 4. The third-order valence-corrected chi connectivity index (χ3v) is 9.04. The number of aromatic nitrogens is 2. The molecule has 2 aromatic rings. The highest BCUT2D eigenvalue weighted by Gasteiger charge is 2.31. The molecule has 0 aliphatic carbocycles. The maximum absolute atomic E-state index is 14.9. The van der Waals surface area contributed by atoms with Gasteiger partial charge in [0.25, 0.3) is 0 Å². The Bertz CT molecular complexity index is 1260. The van der Waals surface area contributed by atoms with E-state index in [9.17, 15) is 34.0 Å². The number of amides is 1. The van der Waals surface area contributed by atoms with Crippen molar-refractivity contribution in [2.24, 2.45) is 11.8 Å². The minimum atomic E-state index is -1.71. The quantitative estimate of drug-likeness (QED) is 0.121. The standard InChI is InChI=1S/C33H49F2N5O8/c1-2-47-24-16-37-33(38-17-24)39-8-5-21(6-9-39)4-3-11-48-23-12-26(34)25(27(35)13-23)14-30(44)40-10-7-22(19-40)15-36-18-28(42)31(45)32(46)29(43)20-41/h12-13,16-17,21-22,28-29,31-32,36,41-43,45-46H,2-11,14-15,18-20H2,1H3/t22-,28-,29+,31+,32+/m0/s1. The molecular formula is C33H49F2N5O8. The van der Waals surface area contributed by atoms with Gasteiger partial charge in [-0.05, 0) is 57.4 Å². The molecule has 48 heavy (non-hydrogen) atoms. The average Bonchev–Trinajstić information content (AvgIpc) is 3.57. The fourth-order valence-corrected chi connectivity index (χ4v) is 6.14. The summed E-state index contributed by atoms with van der Waals surface area (Å²) in [5.41, 5.74) is -0.307. The van der Waals surface area contributed by atoms with Gasteiger partial charge in [-0.2, -0.15) is 0 Å². The highest BCUT2D eigenvalue weighted by atomic mass is 19.1. The number of nitrogens with one attached hydrogen (secondary N) is 1. The molecule has 0 unspecified atom stereocenters. The van der Waals surface area contributed by atoms with Gasteiger partial charge < -0.3 is 50.1 Å². The van der Waals surface area contributed by atoms with Gasteiger partial charge in [0.1, 0.15) is 35.7 Å². The molecule has 0 spiro atoms. The molecule has 6 N–H and O–H groups in total. The summed E-state index contributed by atoms with van der Waals surface area (Å²) in [6.45, 7) is 4.81. The highest BCUT2D eigenvalue weighted by Crippen LogP contribution is 2.26. The van der Waals surface area contributed by atoms with Crippen LogP contribution in [0.3, 0.4) is 0 Å². The van der Waals surface area contributed by atoms with Crippen molar-refractivity contribution in [2.45, 2.75) is 69.9 Å². The summed E-state index contributed by atoms with van der Waals surface area (Å²) in [5, 5.41) is 50.9. The number of aliphatic hydroxyl groups excluding tert-OH is 5. The largest absolute Gasteiger partial charge is 0.493 e. The first kappa shape index (κ1) is 37.6.